The van der Waals surface area contributed by atoms with Gasteiger partial charge in [0.2, 0.25) is 0 Å². The molecule has 1 heterocycles. The minimum atomic E-state index is 0.363. The van der Waals surface area contributed by atoms with E-state index >= 15 is 0 Å². The molecule has 7 heteroatoms. The zero-order valence-corrected chi connectivity index (χ0v) is 17.9. The van der Waals surface area contributed by atoms with Crippen molar-refractivity contribution in [3.05, 3.63) is 75.8 Å². The van der Waals surface area contributed by atoms with Crippen LogP contribution in [0.3, 0.4) is 0 Å². The zero-order chi connectivity index (χ0) is 20.9. The van der Waals surface area contributed by atoms with Gasteiger partial charge in [-0.15, -0.1) is 0 Å². The van der Waals surface area contributed by atoms with Crippen LogP contribution in [-0.4, -0.2) is 20.3 Å². The van der Waals surface area contributed by atoms with E-state index in [1.54, 1.807) is 7.11 Å². The van der Waals surface area contributed by atoms with E-state index in [4.69, 9.17) is 42.1 Å². The smallest absolute Gasteiger partial charge is 0.180 e. The molecule has 0 fully saturated rings. The highest BCUT2D eigenvalue weighted by Gasteiger charge is 2.14. The third kappa shape index (κ3) is 4.86. The van der Waals surface area contributed by atoms with Crippen LogP contribution in [0, 0.1) is 0 Å². The molecule has 1 aliphatic rings. The maximum absolute atomic E-state index is 6.49. The molecule has 0 atom stereocenters. The second kappa shape index (κ2) is 9.37. The Labute approximate surface area is 185 Å². The Morgan fingerprint density at radius 2 is 1.67 bits per heavy atom. The topological polar surface area (TPSA) is 49.0 Å². The lowest BCUT2D eigenvalue weighted by molar-refractivity contribution is 0.171. The maximum Gasteiger partial charge on any atom is 0.180 e. The summed E-state index contributed by atoms with van der Waals surface area (Å²) in [5.74, 6) is 2.60. The van der Waals surface area contributed by atoms with Gasteiger partial charge in [0.25, 0.3) is 0 Å². The first-order valence-electron chi connectivity index (χ1n) is 9.49. The van der Waals surface area contributed by atoms with Crippen LogP contribution in [0.4, 0.5) is 5.69 Å². The summed E-state index contributed by atoms with van der Waals surface area (Å²) in [4.78, 5) is 0. The first-order valence-corrected chi connectivity index (χ1v) is 10.2. The molecule has 0 radical (unpaired) electrons. The number of anilines is 1. The number of nitrogens with one attached hydrogen (secondary N) is 1. The molecule has 3 aromatic rings. The number of hydrogen-bond acceptors (Lipinski definition) is 5. The summed E-state index contributed by atoms with van der Waals surface area (Å²) in [6, 6.07) is 17.0. The van der Waals surface area contributed by atoms with Gasteiger partial charge < -0.3 is 24.3 Å². The predicted octanol–water partition coefficient (Wildman–Crippen LogP) is 5.96. The fraction of sp³-hybridized carbons (Fsp3) is 0.217. The lowest BCUT2D eigenvalue weighted by Crippen LogP contribution is -2.15. The van der Waals surface area contributed by atoms with Crippen LogP contribution in [0.25, 0.3) is 0 Å². The normalized spacial score (nSPS) is 12.4. The molecule has 0 unspecified atom stereocenters. The molecular formula is C23H21Cl2NO4. The second-order valence-electron chi connectivity index (χ2n) is 6.74. The molecule has 1 N–H and O–H groups in total. The summed E-state index contributed by atoms with van der Waals surface area (Å²) < 4.78 is 22.6. The molecule has 0 saturated heterocycles. The van der Waals surface area contributed by atoms with Crippen molar-refractivity contribution in [2.75, 3.05) is 25.6 Å². The van der Waals surface area contributed by atoms with Crippen molar-refractivity contribution in [2.45, 2.75) is 13.2 Å². The Hall–Kier alpha value is -2.76. The van der Waals surface area contributed by atoms with Crippen LogP contribution in [0.5, 0.6) is 23.0 Å². The van der Waals surface area contributed by atoms with Gasteiger partial charge in [0, 0.05) is 23.3 Å². The molecule has 0 saturated carbocycles. The summed E-state index contributed by atoms with van der Waals surface area (Å²) in [6.07, 6.45) is 0. The van der Waals surface area contributed by atoms with Crippen molar-refractivity contribution in [1.82, 2.24) is 0 Å². The highest BCUT2D eigenvalue weighted by atomic mass is 35.5. The van der Waals surface area contributed by atoms with Gasteiger partial charge in [0.15, 0.2) is 23.0 Å². The van der Waals surface area contributed by atoms with Crippen LogP contribution in [0.1, 0.15) is 11.1 Å². The minimum absolute atomic E-state index is 0.363. The van der Waals surface area contributed by atoms with Gasteiger partial charge in [-0.25, -0.2) is 0 Å². The van der Waals surface area contributed by atoms with Gasteiger partial charge >= 0.3 is 0 Å². The Morgan fingerprint density at radius 1 is 0.900 bits per heavy atom. The molecule has 1 aliphatic heterocycles. The van der Waals surface area contributed by atoms with Gasteiger partial charge in [0.1, 0.15) is 19.8 Å². The standard InChI is InChI=1S/C23H21Cl2NO4/c1-27-22-11-16(13-26-18-6-7-20-21(12-18)29-9-8-28-20)10-19(25)23(22)30-14-15-2-4-17(24)5-3-15/h2-7,10-12,26H,8-9,13-14H2,1H3. The van der Waals surface area contributed by atoms with Crippen molar-refractivity contribution in [3.63, 3.8) is 0 Å². The largest absolute Gasteiger partial charge is 0.493 e. The molecule has 5 nitrogen and oxygen atoms in total. The number of benzene rings is 3. The number of ether oxygens (including phenoxy) is 4. The SMILES string of the molecule is COc1cc(CNc2ccc3c(c2)OCCO3)cc(Cl)c1OCc1ccc(Cl)cc1. The summed E-state index contributed by atoms with van der Waals surface area (Å²) >= 11 is 12.4. The Kier molecular flexibility index (Phi) is 6.41. The maximum atomic E-state index is 6.49. The fourth-order valence-corrected chi connectivity index (χ4v) is 3.52. The van der Waals surface area contributed by atoms with Crippen LogP contribution in [-0.2, 0) is 13.2 Å². The van der Waals surface area contributed by atoms with Crippen LogP contribution in [0.15, 0.2) is 54.6 Å². The quantitative estimate of drug-likeness (QED) is 0.485. The molecule has 0 amide bonds. The molecular weight excluding hydrogens is 425 g/mol. The summed E-state index contributed by atoms with van der Waals surface area (Å²) in [6.45, 7) is 2.06. The molecule has 3 aromatic carbocycles. The highest BCUT2D eigenvalue weighted by molar-refractivity contribution is 6.32. The average molecular weight is 446 g/mol. The summed E-state index contributed by atoms with van der Waals surface area (Å²) in [7, 11) is 1.60. The van der Waals surface area contributed by atoms with E-state index < -0.39 is 0 Å². The van der Waals surface area contributed by atoms with Crippen molar-refractivity contribution >= 4 is 28.9 Å². The fourth-order valence-electron chi connectivity index (χ4n) is 3.11. The molecule has 0 bridgehead atoms. The second-order valence-corrected chi connectivity index (χ2v) is 7.58. The Balaban J connectivity index is 1.44. The van der Waals surface area contributed by atoms with Gasteiger partial charge in [-0.2, -0.15) is 0 Å². The van der Waals surface area contributed by atoms with Crippen molar-refractivity contribution in [3.8, 4) is 23.0 Å². The van der Waals surface area contributed by atoms with Crippen molar-refractivity contribution in [2.24, 2.45) is 0 Å². The van der Waals surface area contributed by atoms with E-state index in [1.165, 1.54) is 0 Å². The molecule has 0 aromatic heterocycles. The third-order valence-electron chi connectivity index (χ3n) is 4.62. The van der Waals surface area contributed by atoms with Crippen LogP contribution in [0.2, 0.25) is 10.0 Å². The predicted molar refractivity (Wildman–Crippen MR) is 119 cm³/mol. The highest BCUT2D eigenvalue weighted by Crippen LogP contribution is 2.38. The number of rotatable bonds is 7. The first-order chi connectivity index (χ1) is 14.6. The van der Waals surface area contributed by atoms with E-state index in [9.17, 15) is 0 Å². The number of methoxy groups -OCH3 is 1. The minimum Gasteiger partial charge on any atom is -0.493 e. The van der Waals surface area contributed by atoms with Crippen LogP contribution < -0.4 is 24.3 Å². The number of hydrogen-bond donors (Lipinski definition) is 1. The number of fused-ring (bicyclic) bond motifs is 1. The molecule has 30 heavy (non-hydrogen) atoms. The average Bonchev–Trinajstić information content (AvgIpc) is 2.77. The van der Waals surface area contributed by atoms with Crippen molar-refractivity contribution < 1.29 is 18.9 Å². The molecule has 0 spiro atoms. The molecule has 156 valence electrons. The van der Waals surface area contributed by atoms with Crippen molar-refractivity contribution in [1.29, 1.82) is 0 Å². The third-order valence-corrected chi connectivity index (χ3v) is 5.16. The molecule has 4 rings (SSSR count). The van der Waals surface area contributed by atoms with Gasteiger partial charge in [-0.05, 0) is 47.5 Å². The van der Waals surface area contributed by atoms with Gasteiger partial charge in [-0.1, -0.05) is 35.3 Å². The lowest BCUT2D eigenvalue weighted by Gasteiger charge is -2.19. The number of halogens is 2. The molecule has 0 aliphatic carbocycles. The van der Waals surface area contributed by atoms with Gasteiger partial charge in [-0.3, -0.25) is 0 Å². The summed E-state index contributed by atoms with van der Waals surface area (Å²) in [5.41, 5.74) is 2.88. The first kappa shape index (κ1) is 20.5. The Bertz CT molecular complexity index is 1020. The van der Waals surface area contributed by atoms with Gasteiger partial charge in [0.05, 0.1) is 12.1 Å². The zero-order valence-electron chi connectivity index (χ0n) is 16.4. The lowest BCUT2D eigenvalue weighted by atomic mass is 10.2. The Morgan fingerprint density at radius 3 is 2.43 bits per heavy atom. The van der Waals surface area contributed by atoms with E-state index in [0.717, 1.165) is 28.3 Å². The van der Waals surface area contributed by atoms with E-state index in [1.807, 2.05) is 54.6 Å². The monoisotopic (exact) mass is 445 g/mol. The van der Waals surface area contributed by atoms with E-state index in [2.05, 4.69) is 5.32 Å². The van der Waals surface area contributed by atoms with E-state index in [0.29, 0.717) is 47.9 Å². The van der Waals surface area contributed by atoms with Crippen LogP contribution >= 0.6 is 23.2 Å². The summed E-state index contributed by atoms with van der Waals surface area (Å²) in [5, 5.41) is 4.54. The van der Waals surface area contributed by atoms with E-state index in [-0.39, 0.29) is 0 Å².